The number of aryl methyl sites for hydroxylation is 1. The number of likely N-dealkylation sites (N-methyl/N-ethyl adjacent to an activating group) is 1. The second-order valence-corrected chi connectivity index (χ2v) is 8.30. The van der Waals surface area contributed by atoms with Gasteiger partial charge in [-0.25, -0.2) is 4.98 Å². The van der Waals surface area contributed by atoms with E-state index in [0.29, 0.717) is 12.1 Å². The minimum Gasteiger partial charge on any atom is -0.308 e. The molecule has 0 bridgehead atoms. The fourth-order valence-corrected chi connectivity index (χ4v) is 4.21. The van der Waals surface area contributed by atoms with Gasteiger partial charge in [0.2, 0.25) is 0 Å². The Balaban J connectivity index is 2.00. The molecule has 0 aliphatic rings. The topological polar surface area (TPSA) is 36.4 Å². The molecule has 0 N–H and O–H groups in total. The predicted octanol–water partition coefficient (Wildman–Crippen LogP) is 4.54. The zero-order chi connectivity index (χ0) is 18.7. The maximum atomic E-state index is 13.3. The summed E-state index contributed by atoms with van der Waals surface area (Å²) in [6, 6.07) is 13.9. The van der Waals surface area contributed by atoms with Crippen LogP contribution in [0.25, 0.3) is 10.2 Å². The maximum Gasteiger partial charge on any atom is 0.260 e. The number of para-hydroxylation sites is 1. The maximum absolute atomic E-state index is 13.3. The number of aromatic nitrogens is 1. The van der Waals surface area contributed by atoms with Gasteiger partial charge in [0, 0.05) is 23.5 Å². The van der Waals surface area contributed by atoms with E-state index in [4.69, 9.17) is 4.98 Å². The number of carbonyl (C=O) groups excluding carboxylic acids is 1. The van der Waals surface area contributed by atoms with Crippen molar-refractivity contribution in [2.75, 3.05) is 38.3 Å². The normalized spacial score (nSPS) is 11.3. The Labute approximate surface area is 162 Å². The molecule has 136 valence electrons. The van der Waals surface area contributed by atoms with Gasteiger partial charge in [-0.05, 0) is 57.1 Å². The Morgan fingerprint density at radius 1 is 1.15 bits per heavy atom. The van der Waals surface area contributed by atoms with E-state index in [2.05, 4.69) is 24.0 Å². The number of hydrogen-bond donors (Lipinski definition) is 0. The van der Waals surface area contributed by atoms with Crippen molar-refractivity contribution in [1.82, 2.24) is 9.88 Å². The van der Waals surface area contributed by atoms with Crippen LogP contribution >= 0.6 is 23.1 Å². The van der Waals surface area contributed by atoms with Crippen LogP contribution in [-0.2, 0) is 0 Å². The molecule has 1 aromatic heterocycles. The SMILES string of the molecule is CSc1cccc(C(=O)N(CCN(C)C)c2nc3c(C)cccc3s2)c1. The molecule has 26 heavy (non-hydrogen) atoms. The summed E-state index contributed by atoms with van der Waals surface area (Å²) in [7, 11) is 4.03. The molecule has 0 spiro atoms. The largest absolute Gasteiger partial charge is 0.308 e. The van der Waals surface area contributed by atoms with Crippen molar-refractivity contribution in [2.24, 2.45) is 0 Å². The monoisotopic (exact) mass is 385 g/mol. The number of anilines is 1. The molecule has 0 aliphatic carbocycles. The zero-order valence-corrected chi connectivity index (χ0v) is 17.2. The van der Waals surface area contributed by atoms with Crippen molar-refractivity contribution in [3.05, 3.63) is 53.6 Å². The molecule has 0 aliphatic heterocycles. The summed E-state index contributed by atoms with van der Waals surface area (Å²) in [5.41, 5.74) is 2.81. The summed E-state index contributed by atoms with van der Waals surface area (Å²) in [6.45, 7) is 3.44. The lowest BCUT2D eigenvalue weighted by Gasteiger charge is -2.22. The van der Waals surface area contributed by atoms with E-state index in [1.54, 1.807) is 23.1 Å². The first kappa shape index (κ1) is 18.9. The third-order valence-corrected chi connectivity index (χ3v) is 5.94. The van der Waals surface area contributed by atoms with Crippen molar-refractivity contribution < 1.29 is 4.79 Å². The number of rotatable bonds is 6. The molecular formula is C20H23N3OS2. The Hall–Kier alpha value is -1.89. The van der Waals surface area contributed by atoms with Gasteiger partial charge in [-0.15, -0.1) is 11.8 Å². The fraction of sp³-hybridized carbons (Fsp3) is 0.300. The minimum atomic E-state index is -0.000501. The lowest BCUT2D eigenvalue weighted by molar-refractivity contribution is 0.0985. The van der Waals surface area contributed by atoms with Gasteiger partial charge in [0.25, 0.3) is 5.91 Å². The highest BCUT2D eigenvalue weighted by molar-refractivity contribution is 7.98. The molecule has 0 fully saturated rings. The minimum absolute atomic E-state index is 0.000501. The lowest BCUT2D eigenvalue weighted by Crippen LogP contribution is -2.36. The van der Waals surface area contributed by atoms with Gasteiger partial charge in [0.1, 0.15) is 0 Å². The van der Waals surface area contributed by atoms with Crippen LogP contribution in [-0.4, -0.2) is 49.2 Å². The summed E-state index contributed by atoms with van der Waals surface area (Å²) in [5.74, 6) is -0.000501. The van der Waals surface area contributed by atoms with E-state index in [-0.39, 0.29) is 5.91 Å². The van der Waals surface area contributed by atoms with Gasteiger partial charge in [0.05, 0.1) is 10.2 Å². The molecule has 3 aromatic rings. The lowest BCUT2D eigenvalue weighted by atomic mass is 10.2. The van der Waals surface area contributed by atoms with Gasteiger partial charge in [-0.3, -0.25) is 9.69 Å². The molecule has 0 saturated carbocycles. The van der Waals surface area contributed by atoms with E-state index in [0.717, 1.165) is 32.4 Å². The molecular weight excluding hydrogens is 362 g/mol. The van der Waals surface area contributed by atoms with E-state index >= 15 is 0 Å². The number of benzene rings is 2. The Morgan fingerprint density at radius 3 is 2.62 bits per heavy atom. The fourth-order valence-electron chi connectivity index (χ4n) is 2.69. The second kappa shape index (κ2) is 8.20. The van der Waals surface area contributed by atoms with E-state index in [9.17, 15) is 4.79 Å². The number of fused-ring (bicyclic) bond motifs is 1. The highest BCUT2D eigenvalue weighted by atomic mass is 32.2. The highest BCUT2D eigenvalue weighted by Gasteiger charge is 2.22. The number of carbonyl (C=O) groups is 1. The predicted molar refractivity (Wildman–Crippen MR) is 113 cm³/mol. The van der Waals surface area contributed by atoms with Gasteiger partial charge >= 0.3 is 0 Å². The van der Waals surface area contributed by atoms with Crippen LogP contribution in [0.1, 0.15) is 15.9 Å². The van der Waals surface area contributed by atoms with Gasteiger partial charge in [-0.1, -0.05) is 29.5 Å². The molecule has 3 rings (SSSR count). The van der Waals surface area contributed by atoms with Crippen molar-refractivity contribution in [3.8, 4) is 0 Å². The first-order chi connectivity index (χ1) is 12.5. The van der Waals surface area contributed by atoms with Crippen molar-refractivity contribution in [3.63, 3.8) is 0 Å². The van der Waals surface area contributed by atoms with Crippen LogP contribution in [0.2, 0.25) is 0 Å². The Bertz CT molecular complexity index is 920. The third-order valence-electron chi connectivity index (χ3n) is 4.17. The highest BCUT2D eigenvalue weighted by Crippen LogP contribution is 2.31. The van der Waals surface area contributed by atoms with Crippen molar-refractivity contribution >= 4 is 44.4 Å². The molecule has 1 heterocycles. The zero-order valence-electron chi connectivity index (χ0n) is 15.5. The number of thioether (sulfide) groups is 1. The third kappa shape index (κ3) is 4.09. The van der Waals surface area contributed by atoms with Crippen LogP contribution in [0.4, 0.5) is 5.13 Å². The molecule has 4 nitrogen and oxygen atoms in total. The summed E-state index contributed by atoms with van der Waals surface area (Å²) < 4.78 is 1.11. The van der Waals surface area contributed by atoms with Gasteiger partial charge < -0.3 is 4.90 Å². The second-order valence-electron chi connectivity index (χ2n) is 6.41. The van der Waals surface area contributed by atoms with Crippen molar-refractivity contribution in [2.45, 2.75) is 11.8 Å². The molecule has 1 amide bonds. The van der Waals surface area contributed by atoms with Crippen LogP contribution in [0, 0.1) is 6.92 Å². The molecule has 0 unspecified atom stereocenters. The average Bonchev–Trinajstić information content (AvgIpc) is 3.07. The average molecular weight is 386 g/mol. The van der Waals surface area contributed by atoms with Crippen LogP contribution in [0.5, 0.6) is 0 Å². The van der Waals surface area contributed by atoms with Crippen LogP contribution < -0.4 is 4.90 Å². The first-order valence-corrected chi connectivity index (χ1v) is 10.5. The van der Waals surface area contributed by atoms with Crippen LogP contribution in [0.15, 0.2) is 47.4 Å². The molecule has 0 atom stereocenters. The number of thiazole rings is 1. The molecule has 6 heteroatoms. The molecule has 2 aromatic carbocycles. The van der Waals surface area contributed by atoms with Crippen molar-refractivity contribution in [1.29, 1.82) is 0 Å². The quantitative estimate of drug-likeness (QED) is 0.584. The summed E-state index contributed by atoms with van der Waals surface area (Å²) in [4.78, 5) is 23.0. The summed E-state index contributed by atoms with van der Waals surface area (Å²) in [5, 5.41) is 0.760. The number of hydrogen-bond acceptors (Lipinski definition) is 5. The van der Waals surface area contributed by atoms with Crippen LogP contribution in [0.3, 0.4) is 0 Å². The van der Waals surface area contributed by atoms with Gasteiger partial charge in [0.15, 0.2) is 5.13 Å². The number of nitrogens with zero attached hydrogens (tertiary/aromatic N) is 3. The van der Waals surface area contributed by atoms with Gasteiger partial charge in [-0.2, -0.15) is 0 Å². The summed E-state index contributed by atoms with van der Waals surface area (Å²) >= 11 is 3.21. The number of amides is 1. The Kier molecular flexibility index (Phi) is 5.96. The first-order valence-electron chi connectivity index (χ1n) is 8.46. The smallest absolute Gasteiger partial charge is 0.260 e. The van der Waals surface area contributed by atoms with E-state index in [1.807, 2.05) is 55.6 Å². The van der Waals surface area contributed by atoms with E-state index < -0.39 is 0 Å². The standard InChI is InChI=1S/C20H23N3OS2/c1-14-7-5-10-17-18(14)21-20(26-17)23(12-11-22(2)3)19(24)15-8-6-9-16(13-15)25-4/h5-10,13H,11-12H2,1-4H3. The Morgan fingerprint density at radius 2 is 1.92 bits per heavy atom. The summed E-state index contributed by atoms with van der Waals surface area (Å²) in [6.07, 6.45) is 2.02. The molecule has 0 radical (unpaired) electrons. The van der Waals surface area contributed by atoms with E-state index in [1.165, 1.54) is 0 Å². The molecule has 0 saturated heterocycles.